The Hall–Kier alpha value is -2.38. The normalized spacial score (nSPS) is 17.2. The molecule has 0 saturated carbocycles. The average molecular weight is 371 g/mol. The number of nitrogens with one attached hydrogen (secondary N) is 2. The topological polar surface area (TPSA) is 72.7 Å². The van der Waals surface area contributed by atoms with Crippen molar-refractivity contribution in [2.24, 2.45) is 4.99 Å². The van der Waals surface area contributed by atoms with E-state index in [0.29, 0.717) is 6.54 Å². The van der Waals surface area contributed by atoms with Crippen LogP contribution in [0.1, 0.15) is 25.5 Å². The molecule has 7 nitrogen and oxygen atoms in total. The minimum atomic E-state index is 0.270. The van der Waals surface area contributed by atoms with E-state index in [4.69, 9.17) is 9.47 Å². The molecule has 1 aliphatic rings. The number of rotatable bonds is 9. The number of benzene rings is 1. The maximum absolute atomic E-state index is 5.78. The number of guanidine groups is 1. The van der Waals surface area contributed by atoms with Crippen LogP contribution in [0.15, 0.2) is 47.6 Å². The van der Waals surface area contributed by atoms with Crippen LogP contribution >= 0.6 is 0 Å². The van der Waals surface area contributed by atoms with Crippen molar-refractivity contribution < 1.29 is 9.47 Å². The third-order valence-corrected chi connectivity index (χ3v) is 4.26. The number of hydrogen-bond donors (Lipinski definition) is 2. The van der Waals surface area contributed by atoms with E-state index in [2.05, 4.69) is 27.6 Å². The quantitative estimate of drug-likeness (QED) is 0.401. The molecule has 1 unspecified atom stereocenters. The summed E-state index contributed by atoms with van der Waals surface area (Å²) in [6.07, 6.45) is 4.17. The number of nitrogens with zero attached hydrogens (tertiary/aromatic N) is 3. The van der Waals surface area contributed by atoms with Crippen molar-refractivity contribution in [3.05, 3.63) is 48.3 Å². The van der Waals surface area contributed by atoms with Crippen molar-refractivity contribution >= 4 is 5.96 Å². The van der Waals surface area contributed by atoms with Crippen LogP contribution in [-0.2, 0) is 16.0 Å². The zero-order valence-corrected chi connectivity index (χ0v) is 15.9. The fraction of sp³-hybridized carbons (Fsp3) is 0.500. The molecule has 1 aromatic carbocycles. The number of aliphatic imine (C=N–C) groups is 1. The Morgan fingerprint density at radius 3 is 2.96 bits per heavy atom. The molecule has 0 radical (unpaired) electrons. The maximum Gasteiger partial charge on any atom is 0.191 e. The molecular formula is C20H29N5O2. The molecule has 0 amide bonds. The number of para-hydroxylation sites is 1. The van der Waals surface area contributed by atoms with Gasteiger partial charge in [-0.3, -0.25) is 0 Å². The molecule has 1 fully saturated rings. The summed E-state index contributed by atoms with van der Waals surface area (Å²) in [5.74, 6) is 0.802. The van der Waals surface area contributed by atoms with Gasteiger partial charge in [0, 0.05) is 32.5 Å². The highest BCUT2D eigenvalue weighted by Gasteiger charge is 2.15. The largest absolute Gasteiger partial charge is 0.379 e. The van der Waals surface area contributed by atoms with E-state index in [1.54, 1.807) is 0 Å². The lowest BCUT2D eigenvalue weighted by Gasteiger charge is -2.12. The molecule has 146 valence electrons. The molecule has 2 aromatic rings. The molecule has 0 spiro atoms. The summed E-state index contributed by atoms with van der Waals surface area (Å²) in [6, 6.07) is 12.1. The van der Waals surface area contributed by atoms with E-state index in [9.17, 15) is 0 Å². The third kappa shape index (κ3) is 6.37. The Morgan fingerprint density at radius 1 is 1.30 bits per heavy atom. The SMILES string of the molecule is CCNC(=NCc1ccn(-c2ccccc2)n1)NCCCOC1CCOC1. The van der Waals surface area contributed by atoms with Crippen molar-refractivity contribution in [1.29, 1.82) is 0 Å². The first-order chi connectivity index (χ1) is 13.3. The van der Waals surface area contributed by atoms with Crippen molar-refractivity contribution in [1.82, 2.24) is 20.4 Å². The molecule has 2 N–H and O–H groups in total. The van der Waals surface area contributed by atoms with Crippen molar-refractivity contribution in [2.75, 3.05) is 32.9 Å². The monoisotopic (exact) mass is 371 g/mol. The molecule has 1 saturated heterocycles. The van der Waals surface area contributed by atoms with Gasteiger partial charge >= 0.3 is 0 Å². The number of ether oxygens (including phenoxy) is 2. The van der Waals surface area contributed by atoms with E-state index >= 15 is 0 Å². The highest BCUT2D eigenvalue weighted by molar-refractivity contribution is 5.79. The van der Waals surface area contributed by atoms with Gasteiger partial charge in [0.15, 0.2) is 5.96 Å². The fourth-order valence-corrected chi connectivity index (χ4v) is 2.85. The summed E-state index contributed by atoms with van der Waals surface area (Å²) in [4.78, 5) is 4.62. The predicted molar refractivity (Wildman–Crippen MR) is 106 cm³/mol. The molecule has 7 heteroatoms. The summed E-state index contributed by atoms with van der Waals surface area (Å²) in [6.45, 7) is 6.52. The molecule has 0 aliphatic carbocycles. The van der Waals surface area contributed by atoms with Crippen LogP contribution in [-0.4, -0.2) is 54.8 Å². The van der Waals surface area contributed by atoms with Gasteiger partial charge in [0.25, 0.3) is 0 Å². The molecule has 1 aliphatic heterocycles. The Morgan fingerprint density at radius 2 is 2.19 bits per heavy atom. The smallest absolute Gasteiger partial charge is 0.191 e. The van der Waals surface area contributed by atoms with Crippen molar-refractivity contribution in [3.8, 4) is 5.69 Å². The Kier molecular flexibility index (Phi) is 7.68. The number of hydrogen-bond acceptors (Lipinski definition) is 4. The van der Waals surface area contributed by atoms with Crippen LogP contribution in [0.3, 0.4) is 0 Å². The van der Waals surface area contributed by atoms with E-state index in [1.165, 1.54) is 0 Å². The highest BCUT2D eigenvalue weighted by atomic mass is 16.5. The summed E-state index contributed by atoms with van der Waals surface area (Å²) in [5, 5.41) is 11.2. The molecule has 0 bridgehead atoms. The first-order valence-corrected chi connectivity index (χ1v) is 9.66. The van der Waals surface area contributed by atoms with Crippen LogP contribution in [0.2, 0.25) is 0 Å². The lowest BCUT2D eigenvalue weighted by molar-refractivity contribution is 0.0420. The molecule has 27 heavy (non-hydrogen) atoms. The first-order valence-electron chi connectivity index (χ1n) is 9.66. The van der Waals surface area contributed by atoms with Crippen molar-refractivity contribution in [3.63, 3.8) is 0 Å². The van der Waals surface area contributed by atoms with Crippen LogP contribution in [0.4, 0.5) is 0 Å². The molecule has 1 aromatic heterocycles. The summed E-state index contributed by atoms with van der Waals surface area (Å²) >= 11 is 0. The van der Waals surface area contributed by atoms with Gasteiger partial charge in [-0.15, -0.1) is 0 Å². The van der Waals surface area contributed by atoms with Gasteiger partial charge in [0.1, 0.15) is 0 Å². The second kappa shape index (κ2) is 10.7. The fourth-order valence-electron chi connectivity index (χ4n) is 2.85. The van der Waals surface area contributed by atoms with Gasteiger partial charge < -0.3 is 20.1 Å². The minimum absolute atomic E-state index is 0.270. The Balaban J connectivity index is 1.43. The maximum atomic E-state index is 5.78. The van der Waals surface area contributed by atoms with Gasteiger partial charge in [0.2, 0.25) is 0 Å². The average Bonchev–Trinajstić information content (AvgIpc) is 3.38. The molecular weight excluding hydrogens is 342 g/mol. The predicted octanol–water partition coefficient (Wildman–Crippen LogP) is 2.12. The van der Waals surface area contributed by atoms with E-state index < -0.39 is 0 Å². The summed E-state index contributed by atoms with van der Waals surface area (Å²) < 4.78 is 13.0. The van der Waals surface area contributed by atoms with Crippen molar-refractivity contribution in [2.45, 2.75) is 32.4 Å². The highest BCUT2D eigenvalue weighted by Crippen LogP contribution is 2.08. The molecule has 2 heterocycles. The second-order valence-electron chi connectivity index (χ2n) is 6.42. The summed E-state index contributed by atoms with van der Waals surface area (Å²) in [7, 11) is 0. The van der Waals surface area contributed by atoms with Gasteiger partial charge in [-0.2, -0.15) is 5.10 Å². The van der Waals surface area contributed by atoms with Gasteiger partial charge in [-0.25, -0.2) is 9.67 Å². The van der Waals surface area contributed by atoms with Crippen LogP contribution < -0.4 is 10.6 Å². The first kappa shape index (κ1) is 19.4. The van der Waals surface area contributed by atoms with Crippen LogP contribution in [0.5, 0.6) is 0 Å². The van der Waals surface area contributed by atoms with E-state index in [-0.39, 0.29) is 6.10 Å². The van der Waals surface area contributed by atoms with E-state index in [1.807, 2.05) is 47.3 Å². The van der Waals surface area contributed by atoms with E-state index in [0.717, 1.165) is 63.1 Å². The number of aromatic nitrogens is 2. The zero-order chi connectivity index (χ0) is 18.7. The van der Waals surface area contributed by atoms with Crippen LogP contribution in [0.25, 0.3) is 5.69 Å². The lowest BCUT2D eigenvalue weighted by atomic mass is 10.3. The van der Waals surface area contributed by atoms with Gasteiger partial charge in [-0.05, 0) is 38.0 Å². The Bertz CT molecular complexity index is 695. The standard InChI is InChI=1S/C20H29N5O2/c1-2-21-20(22-11-6-13-27-19-10-14-26-16-19)23-15-17-9-12-25(24-17)18-7-4-3-5-8-18/h3-5,7-9,12,19H,2,6,10-11,13-16H2,1H3,(H2,21,22,23). The molecule has 3 rings (SSSR count). The lowest BCUT2D eigenvalue weighted by Crippen LogP contribution is -2.38. The molecule has 1 atom stereocenters. The summed E-state index contributed by atoms with van der Waals surface area (Å²) in [5.41, 5.74) is 1.98. The van der Waals surface area contributed by atoms with Gasteiger partial charge in [-0.1, -0.05) is 18.2 Å². The Labute approximate surface area is 160 Å². The third-order valence-electron chi connectivity index (χ3n) is 4.26. The minimum Gasteiger partial charge on any atom is -0.379 e. The zero-order valence-electron chi connectivity index (χ0n) is 15.9. The second-order valence-corrected chi connectivity index (χ2v) is 6.42. The van der Waals surface area contributed by atoms with Gasteiger partial charge in [0.05, 0.1) is 30.6 Å². The van der Waals surface area contributed by atoms with Crippen LogP contribution in [0, 0.1) is 0 Å².